The van der Waals surface area contributed by atoms with Gasteiger partial charge in [0.25, 0.3) is 0 Å². The van der Waals surface area contributed by atoms with E-state index in [1.54, 1.807) is 11.3 Å². The molecule has 14 aromatic rings. The van der Waals surface area contributed by atoms with Crippen LogP contribution in [0.4, 0.5) is 17.1 Å². The third kappa shape index (κ3) is 7.71. The minimum atomic E-state index is -0.480. The fourth-order valence-corrected chi connectivity index (χ4v) is 16.3. The molecule has 0 saturated carbocycles. The Labute approximate surface area is 513 Å². The molecule has 1 nitrogen and oxygen atoms in total. The first-order valence-electron chi connectivity index (χ1n) is 30.4. The number of fused-ring (bicyclic) bond motifs is 10. The van der Waals surface area contributed by atoms with Crippen molar-refractivity contribution in [2.75, 3.05) is 4.90 Å². The first-order chi connectivity index (χ1) is 42.9. The van der Waals surface area contributed by atoms with Crippen molar-refractivity contribution in [2.45, 2.75) is 30.1 Å². The molecule has 1 heterocycles. The van der Waals surface area contributed by atoms with Gasteiger partial charge in [0.05, 0.1) is 10.8 Å². The number of anilines is 3. The van der Waals surface area contributed by atoms with Crippen LogP contribution in [0.25, 0.3) is 76.8 Å². The minimum Gasteiger partial charge on any atom is -0.310 e. The topological polar surface area (TPSA) is 3.24 Å². The Hall–Kier alpha value is -10.4. The number of thiophene rings is 1. The van der Waals surface area contributed by atoms with E-state index in [4.69, 9.17) is 0 Å². The highest BCUT2D eigenvalue weighted by atomic mass is 32.1. The number of benzene rings is 13. The Balaban J connectivity index is 0.784. The van der Waals surface area contributed by atoms with Crippen LogP contribution in [-0.4, -0.2) is 0 Å². The van der Waals surface area contributed by atoms with Gasteiger partial charge < -0.3 is 4.90 Å². The monoisotopic (exact) mass is 1130 g/mol. The van der Waals surface area contributed by atoms with E-state index in [1.165, 1.54) is 132 Å². The van der Waals surface area contributed by atoms with Gasteiger partial charge in [-0.1, -0.05) is 257 Å². The van der Waals surface area contributed by atoms with Crippen LogP contribution in [0.1, 0.15) is 69.5 Å². The zero-order chi connectivity index (χ0) is 57.8. The lowest BCUT2D eigenvalue weighted by Gasteiger charge is -2.34. The maximum absolute atomic E-state index is 2.47. The summed E-state index contributed by atoms with van der Waals surface area (Å²) in [5, 5.41) is 3.48. The van der Waals surface area contributed by atoms with Gasteiger partial charge in [-0.2, -0.15) is 0 Å². The van der Waals surface area contributed by atoms with Crippen LogP contribution in [0.2, 0.25) is 0 Å². The molecule has 410 valence electrons. The molecule has 0 fully saturated rings. The summed E-state index contributed by atoms with van der Waals surface area (Å²) in [6, 6.07) is 119. The Morgan fingerprint density at radius 2 is 0.586 bits per heavy atom. The van der Waals surface area contributed by atoms with Crippen LogP contribution in [0.3, 0.4) is 0 Å². The first-order valence-corrected chi connectivity index (χ1v) is 31.2. The summed E-state index contributed by atoms with van der Waals surface area (Å²) < 4.78 is 1.32. The molecule has 0 saturated heterocycles. The summed E-state index contributed by atoms with van der Waals surface area (Å²) in [6.45, 7) is 4.81. The molecule has 0 N–H and O–H groups in total. The van der Waals surface area contributed by atoms with Crippen molar-refractivity contribution in [3.8, 4) is 66.8 Å². The van der Waals surface area contributed by atoms with Crippen LogP contribution in [0, 0.1) is 0 Å². The Kier molecular flexibility index (Phi) is 11.7. The van der Waals surface area contributed by atoms with Crippen molar-refractivity contribution in [1.82, 2.24) is 0 Å². The molecule has 3 aliphatic rings. The Bertz CT molecular complexity index is 4670. The van der Waals surface area contributed by atoms with Gasteiger partial charge in [0.1, 0.15) is 0 Å². The third-order valence-electron chi connectivity index (χ3n) is 19.5. The quantitative estimate of drug-likeness (QED) is 0.132. The van der Waals surface area contributed by atoms with E-state index < -0.39 is 10.8 Å². The summed E-state index contributed by atoms with van der Waals surface area (Å²) in [5.41, 5.74) is 30.1. The number of rotatable bonds is 10. The molecule has 0 bridgehead atoms. The molecule has 2 heteroatoms. The van der Waals surface area contributed by atoms with Crippen molar-refractivity contribution in [2.24, 2.45) is 0 Å². The molecule has 0 radical (unpaired) electrons. The van der Waals surface area contributed by atoms with E-state index in [9.17, 15) is 0 Å². The lowest BCUT2D eigenvalue weighted by molar-refractivity contribution is 0.660. The molecule has 17 rings (SSSR count). The van der Waals surface area contributed by atoms with Gasteiger partial charge in [0.15, 0.2) is 0 Å². The number of hydrogen-bond donors (Lipinski definition) is 0. The van der Waals surface area contributed by atoms with E-state index in [2.05, 4.69) is 340 Å². The highest BCUT2D eigenvalue weighted by Crippen LogP contribution is 2.59. The van der Waals surface area contributed by atoms with Gasteiger partial charge >= 0.3 is 0 Å². The van der Waals surface area contributed by atoms with Gasteiger partial charge in [-0.05, 0) is 206 Å². The van der Waals surface area contributed by atoms with Crippen molar-refractivity contribution in [3.05, 3.63) is 376 Å². The van der Waals surface area contributed by atoms with E-state index in [1.807, 2.05) is 0 Å². The average molecular weight is 1130 g/mol. The second-order valence-corrected chi connectivity index (χ2v) is 25.2. The molecule has 3 aliphatic carbocycles. The maximum Gasteiger partial charge on any atom is 0.0713 e. The lowest BCUT2D eigenvalue weighted by atomic mass is 9.67. The molecular formula is C85H59NS. The maximum atomic E-state index is 2.47. The van der Waals surface area contributed by atoms with E-state index >= 15 is 0 Å². The van der Waals surface area contributed by atoms with Gasteiger partial charge in [-0.25, -0.2) is 0 Å². The molecule has 13 aromatic carbocycles. The van der Waals surface area contributed by atoms with E-state index in [0.29, 0.717) is 0 Å². The largest absolute Gasteiger partial charge is 0.310 e. The van der Waals surface area contributed by atoms with Crippen LogP contribution in [0.15, 0.2) is 321 Å². The second-order valence-electron chi connectivity index (χ2n) is 24.3. The fraction of sp³-hybridized carbons (Fsp3) is 0.0588. The number of hydrogen-bond acceptors (Lipinski definition) is 2. The van der Waals surface area contributed by atoms with Crippen LogP contribution < -0.4 is 4.90 Å². The standard InChI is InChI=1S/C85H59NS/c1-83(2)78-52-61(58-38-48-82-62(51-58)49-50-87-82)37-44-72(78)73-47-43-69(55-79(73)83)86(67-39-31-56(32-40-67)59-35-45-74-70-27-15-17-29-76(70)84(80(74)53-59,63-19-7-3-8-20-63)64-21-9-4-10-22-64)68-41-33-57(34-42-68)60-36-46-75-71-28-16-18-30-77(71)85(81(75)54-60,65-23-11-5-12-24-65)66-25-13-6-14-26-66/h3-55H,1-2H3. The Morgan fingerprint density at radius 3 is 1.06 bits per heavy atom. The summed E-state index contributed by atoms with van der Waals surface area (Å²) in [4.78, 5) is 2.46. The zero-order valence-electron chi connectivity index (χ0n) is 48.5. The van der Waals surface area contributed by atoms with Crippen molar-refractivity contribution in [3.63, 3.8) is 0 Å². The normalized spacial score (nSPS) is 14.1. The van der Waals surface area contributed by atoms with Gasteiger partial charge in [0.2, 0.25) is 0 Å². The zero-order valence-corrected chi connectivity index (χ0v) is 49.3. The Morgan fingerprint density at radius 1 is 0.253 bits per heavy atom. The minimum absolute atomic E-state index is 0.244. The smallest absolute Gasteiger partial charge is 0.0713 e. The summed E-state index contributed by atoms with van der Waals surface area (Å²) in [7, 11) is 0. The molecular weight excluding hydrogens is 1070 g/mol. The molecule has 0 unspecified atom stereocenters. The van der Waals surface area contributed by atoms with Crippen molar-refractivity contribution < 1.29 is 0 Å². The van der Waals surface area contributed by atoms with Crippen molar-refractivity contribution >= 4 is 38.5 Å². The summed E-state index contributed by atoms with van der Waals surface area (Å²) >= 11 is 1.80. The van der Waals surface area contributed by atoms with Gasteiger partial charge in [-0.3, -0.25) is 0 Å². The fourth-order valence-electron chi connectivity index (χ4n) is 15.5. The second kappa shape index (κ2) is 19.9. The van der Waals surface area contributed by atoms with Crippen molar-refractivity contribution in [1.29, 1.82) is 0 Å². The molecule has 0 atom stereocenters. The summed E-state index contributed by atoms with van der Waals surface area (Å²) in [5.74, 6) is 0. The predicted octanol–water partition coefficient (Wildman–Crippen LogP) is 22.4. The first kappa shape index (κ1) is 51.1. The van der Waals surface area contributed by atoms with Gasteiger partial charge in [0, 0.05) is 27.2 Å². The molecule has 87 heavy (non-hydrogen) atoms. The highest BCUT2D eigenvalue weighted by Gasteiger charge is 2.48. The molecule has 0 spiro atoms. The molecule has 0 amide bonds. The van der Waals surface area contributed by atoms with Crippen LogP contribution >= 0.6 is 11.3 Å². The van der Waals surface area contributed by atoms with E-state index in [0.717, 1.165) is 17.1 Å². The van der Waals surface area contributed by atoms with Crippen LogP contribution in [0.5, 0.6) is 0 Å². The molecule has 1 aromatic heterocycles. The van der Waals surface area contributed by atoms with Crippen LogP contribution in [-0.2, 0) is 16.2 Å². The third-order valence-corrected chi connectivity index (χ3v) is 20.4. The predicted molar refractivity (Wildman–Crippen MR) is 365 cm³/mol. The highest BCUT2D eigenvalue weighted by molar-refractivity contribution is 7.17. The lowest BCUT2D eigenvalue weighted by Crippen LogP contribution is -2.28. The summed E-state index contributed by atoms with van der Waals surface area (Å²) in [6.07, 6.45) is 0. The number of nitrogens with zero attached hydrogens (tertiary/aromatic N) is 1. The van der Waals surface area contributed by atoms with Gasteiger partial charge in [-0.15, -0.1) is 11.3 Å². The molecule has 0 aliphatic heterocycles. The average Bonchev–Trinajstić information content (AvgIpc) is 1.91. The SMILES string of the molecule is CC1(C)c2cc(-c3ccc4sccc4c3)ccc2-c2ccc(N(c3ccc(-c4ccc5c(c4)C(c4ccccc4)(c4ccccc4)c4ccccc4-5)cc3)c3ccc(-c4ccc5c(c4)C(c4ccccc4)(c4ccccc4)c4ccccc4-5)cc3)cc21. The van der Waals surface area contributed by atoms with E-state index in [-0.39, 0.29) is 5.41 Å².